The Morgan fingerprint density at radius 3 is 2.30 bits per heavy atom. The van der Waals surface area contributed by atoms with E-state index in [9.17, 15) is 19.1 Å². The molecule has 1 N–H and O–H groups in total. The van der Waals surface area contributed by atoms with E-state index in [1.165, 1.54) is 29.2 Å². The molecule has 152 valence electrons. The molecule has 1 aliphatic rings. The maximum absolute atomic E-state index is 13.3. The summed E-state index contributed by atoms with van der Waals surface area (Å²) < 4.78 is 19.1. The third-order valence-electron chi connectivity index (χ3n) is 5.20. The summed E-state index contributed by atoms with van der Waals surface area (Å²) in [5, 5.41) is 10.9. The highest BCUT2D eigenvalue weighted by molar-refractivity contribution is 6.51. The van der Waals surface area contributed by atoms with Crippen LogP contribution in [0.25, 0.3) is 5.76 Å². The number of anilines is 1. The standard InChI is InChI=1S/C24H20FNO4/c1-13-4-10-18(14(2)12-13)26-21(19-11-5-15(3)30-19)20(23(28)24(26)29)22(27)16-6-8-17(25)9-7-16/h4-12,21,27H,1-3H3/b22-20-. The zero-order valence-electron chi connectivity index (χ0n) is 16.8. The lowest BCUT2D eigenvalue weighted by Gasteiger charge is -2.25. The number of aliphatic hydroxyl groups is 1. The molecule has 1 aromatic heterocycles. The van der Waals surface area contributed by atoms with E-state index in [1.807, 2.05) is 26.0 Å². The Morgan fingerprint density at radius 2 is 1.70 bits per heavy atom. The zero-order chi connectivity index (χ0) is 21.6. The van der Waals surface area contributed by atoms with Crippen molar-refractivity contribution < 1.29 is 23.5 Å². The Kier molecular flexibility index (Phi) is 4.78. The van der Waals surface area contributed by atoms with Gasteiger partial charge in [0.15, 0.2) is 0 Å². The SMILES string of the molecule is Cc1ccc(N2C(=O)C(=O)/C(=C(\O)c3ccc(F)cc3)C2c2ccc(C)o2)c(C)c1. The van der Waals surface area contributed by atoms with Crippen LogP contribution in [0, 0.1) is 26.6 Å². The van der Waals surface area contributed by atoms with Gasteiger partial charge < -0.3 is 9.52 Å². The number of hydrogen-bond acceptors (Lipinski definition) is 4. The van der Waals surface area contributed by atoms with E-state index in [1.54, 1.807) is 25.1 Å². The van der Waals surface area contributed by atoms with Gasteiger partial charge in [-0.1, -0.05) is 17.7 Å². The van der Waals surface area contributed by atoms with Gasteiger partial charge in [-0.3, -0.25) is 14.5 Å². The molecule has 3 aromatic rings. The molecule has 5 nitrogen and oxygen atoms in total. The number of amides is 1. The van der Waals surface area contributed by atoms with Gasteiger partial charge in [0.2, 0.25) is 0 Å². The minimum absolute atomic E-state index is 0.0964. The molecule has 1 atom stereocenters. The number of nitrogens with zero attached hydrogens (tertiary/aromatic N) is 1. The number of hydrogen-bond donors (Lipinski definition) is 1. The average Bonchev–Trinajstić information content (AvgIpc) is 3.24. The smallest absolute Gasteiger partial charge is 0.300 e. The summed E-state index contributed by atoms with van der Waals surface area (Å²) in [6.45, 7) is 5.55. The number of furan rings is 1. The van der Waals surface area contributed by atoms with Crippen molar-refractivity contribution in [1.82, 2.24) is 0 Å². The second-order valence-corrected chi connectivity index (χ2v) is 7.41. The molecule has 0 aliphatic carbocycles. The molecule has 1 saturated heterocycles. The Morgan fingerprint density at radius 1 is 1.00 bits per heavy atom. The van der Waals surface area contributed by atoms with E-state index >= 15 is 0 Å². The van der Waals surface area contributed by atoms with Gasteiger partial charge in [-0.2, -0.15) is 0 Å². The monoisotopic (exact) mass is 405 g/mol. The van der Waals surface area contributed by atoms with Crippen molar-refractivity contribution >= 4 is 23.1 Å². The first kappa shape index (κ1) is 19.6. The zero-order valence-corrected chi connectivity index (χ0v) is 16.8. The largest absolute Gasteiger partial charge is 0.507 e. The Labute approximate surface area is 173 Å². The molecule has 4 rings (SSSR count). The second-order valence-electron chi connectivity index (χ2n) is 7.41. The van der Waals surface area contributed by atoms with Crippen molar-refractivity contribution in [2.45, 2.75) is 26.8 Å². The minimum atomic E-state index is -0.940. The van der Waals surface area contributed by atoms with Crippen LogP contribution in [0.3, 0.4) is 0 Å². The first-order chi connectivity index (χ1) is 14.3. The number of aryl methyl sites for hydroxylation is 3. The fourth-order valence-electron chi connectivity index (χ4n) is 3.79. The first-order valence-electron chi connectivity index (χ1n) is 9.48. The van der Waals surface area contributed by atoms with E-state index in [0.29, 0.717) is 17.2 Å². The van der Waals surface area contributed by atoms with Gasteiger partial charge in [0.1, 0.15) is 29.1 Å². The molecule has 0 bridgehead atoms. The van der Waals surface area contributed by atoms with Crippen molar-refractivity contribution in [2.75, 3.05) is 4.90 Å². The van der Waals surface area contributed by atoms with Gasteiger partial charge in [-0.25, -0.2) is 4.39 Å². The number of halogens is 1. The highest BCUT2D eigenvalue weighted by Crippen LogP contribution is 2.43. The van der Waals surface area contributed by atoms with Crippen LogP contribution in [0.5, 0.6) is 0 Å². The van der Waals surface area contributed by atoms with Gasteiger partial charge in [0.05, 0.1) is 5.57 Å². The average molecular weight is 405 g/mol. The van der Waals surface area contributed by atoms with Crippen LogP contribution in [-0.4, -0.2) is 16.8 Å². The molecule has 2 aromatic carbocycles. The topological polar surface area (TPSA) is 70.8 Å². The number of ketones is 1. The maximum Gasteiger partial charge on any atom is 0.300 e. The van der Waals surface area contributed by atoms with E-state index in [4.69, 9.17) is 4.42 Å². The highest BCUT2D eigenvalue weighted by Gasteiger charge is 2.48. The molecule has 30 heavy (non-hydrogen) atoms. The van der Waals surface area contributed by atoms with E-state index in [0.717, 1.165) is 11.1 Å². The number of carbonyl (C=O) groups is 2. The second kappa shape index (κ2) is 7.30. The Balaban J connectivity index is 1.95. The lowest BCUT2D eigenvalue weighted by atomic mass is 9.99. The fraction of sp³-hybridized carbons (Fsp3) is 0.167. The van der Waals surface area contributed by atoms with Crippen LogP contribution in [0.2, 0.25) is 0 Å². The molecular formula is C24H20FNO4. The molecule has 0 radical (unpaired) electrons. The van der Waals surface area contributed by atoms with Gasteiger partial charge >= 0.3 is 0 Å². The van der Waals surface area contributed by atoms with E-state index in [2.05, 4.69) is 0 Å². The third-order valence-corrected chi connectivity index (χ3v) is 5.20. The van der Waals surface area contributed by atoms with Crippen molar-refractivity contribution in [2.24, 2.45) is 0 Å². The normalized spacial score (nSPS) is 18.3. The molecule has 2 heterocycles. The van der Waals surface area contributed by atoms with Gasteiger partial charge in [-0.15, -0.1) is 0 Å². The predicted molar refractivity (Wildman–Crippen MR) is 111 cm³/mol. The number of rotatable bonds is 3. The quantitative estimate of drug-likeness (QED) is 0.379. The molecule has 1 unspecified atom stereocenters. The summed E-state index contributed by atoms with van der Waals surface area (Å²) in [4.78, 5) is 27.4. The predicted octanol–water partition coefficient (Wildman–Crippen LogP) is 4.97. The van der Waals surface area contributed by atoms with Gasteiger partial charge in [0, 0.05) is 11.3 Å². The molecule has 6 heteroatoms. The van der Waals surface area contributed by atoms with Crippen molar-refractivity contribution in [1.29, 1.82) is 0 Å². The van der Waals surface area contributed by atoms with E-state index in [-0.39, 0.29) is 16.9 Å². The summed E-state index contributed by atoms with van der Waals surface area (Å²) in [6, 6.07) is 13.1. The minimum Gasteiger partial charge on any atom is -0.507 e. The van der Waals surface area contributed by atoms with Crippen LogP contribution in [0.15, 0.2) is 64.6 Å². The third kappa shape index (κ3) is 3.20. The molecular weight excluding hydrogens is 385 g/mol. The van der Waals surface area contributed by atoms with Gasteiger partial charge in [0.25, 0.3) is 11.7 Å². The first-order valence-corrected chi connectivity index (χ1v) is 9.48. The molecule has 1 aliphatic heterocycles. The fourth-order valence-corrected chi connectivity index (χ4v) is 3.79. The Bertz CT molecular complexity index is 1190. The molecule has 0 saturated carbocycles. The Hall–Kier alpha value is -3.67. The van der Waals surface area contributed by atoms with E-state index < -0.39 is 23.5 Å². The van der Waals surface area contributed by atoms with Crippen LogP contribution >= 0.6 is 0 Å². The lowest BCUT2D eigenvalue weighted by molar-refractivity contribution is -0.132. The molecule has 1 amide bonds. The summed E-state index contributed by atoms with van der Waals surface area (Å²) in [6.07, 6.45) is 0. The number of benzene rings is 2. The van der Waals surface area contributed by atoms with Crippen molar-refractivity contribution in [3.8, 4) is 0 Å². The van der Waals surface area contributed by atoms with Crippen molar-refractivity contribution in [3.63, 3.8) is 0 Å². The number of aliphatic hydroxyl groups excluding tert-OH is 1. The van der Waals surface area contributed by atoms with Crippen LogP contribution < -0.4 is 4.90 Å². The maximum atomic E-state index is 13.3. The molecule has 0 spiro atoms. The number of carbonyl (C=O) groups excluding carboxylic acids is 2. The van der Waals surface area contributed by atoms with Crippen LogP contribution in [-0.2, 0) is 9.59 Å². The van der Waals surface area contributed by atoms with Crippen LogP contribution in [0.1, 0.15) is 34.3 Å². The highest BCUT2D eigenvalue weighted by atomic mass is 19.1. The number of Topliss-reactive ketones (excluding diaryl/α,β-unsaturated/α-hetero) is 1. The summed E-state index contributed by atoms with van der Waals surface area (Å²) in [5.41, 5.74) is 2.53. The summed E-state index contributed by atoms with van der Waals surface area (Å²) in [7, 11) is 0. The molecule has 1 fully saturated rings. The van der Waals surface area contributed by atoms with Crippen LogP contribution in [0.4, 0.5) is 10.1 Å². The lowest BCUT2D eigenvalue weighted by Crippen LogP contribution is -2.30. The summed E-state index contributed by atoms with van der Waals surface area (Å²) >= 11 is 0. The summed E-state index contributed by atoms with van der Waals surface area (Å²) in [5.74, 6) is -1.46. The van der Waals surface area contributed by atoms with Gasteiger partial charge in [-0.05, 0) is 68.8 Å². The van der Waals surface area contributed by atoms with Crippen molar-refractivity contribution in [3.05, 3.63) is 94.2 Å².